The van der Waals surface area contributed by atoms with Crippen molar-refractivity contribution in [3.63, 3.8) is 0 Å². The molecule has 0 aliphatic rings. The Morgan fingerprint density at radius 3 is 2.81 bits per heavy atom. The lowest BCUT2D eigenvalue weighted by molar-refractivity contribution is 0.102. The number of rotatable bonds is 2. The van der Waals surface area contributed by atoms with Gasteiger partial charge in [-0.1, -0.05) is 11.6 Å². The van der Waals surface area contributed by atoms with E-state index in [9.17, 15) is 4.79 Å². The van der Waals surface area contributed by atoms with Crippen molar-refractivity contribution in [2.24, 2.45) is 0 Å². The van der Waals surface area contributed by atoms with E-state index < -0.39 is 5.91 Å². The predicted molar refractivity (Wildman–Crippen MR) is 60.9 cm³/mol. The first-order valence-electron chi connectivity index (χ1n) is 4.33. The van der Waals surface area contributed by atoms with Gasteiger partial charge in [0.25, 0.3) is 5.91 Å². The zero-order valence-corrected chi connectivity index (χ0v) is 9.42. The number of pyridine rings is 1. The summed E-state index contributed by atoms with van der Waals surface area (Å²) in [6.07, 6.45) is 2.86. The molecule has 4 nitrogen and oxygen atoms in total. The minimum absolute atomic E-state index is 0.0320. The number of carbonyl (C=O) groups is 1. The number of furan rings is 1. The van der Waals surface area contributed by atoms with Crippen LogP contribution in [0, 0.1) is 0 Å². The van der Waals surface area contributed by atoms with Crippen molar-refractivity contribution in [1.82, 2.24) is 4.98 Å². The Morgan fingerprint density at radius 2 is 2.19 bits per heavy atom. The minimum atomic E-state index is -0.417. The van der Waals surface area contributed by atoms with Gasteiger partial charge in [-0.05, 0) is 29.8 Å². The fraction of sp³-hybridized carbons (Fsp3) is 0. The fourth-order valence-corrected chi connectivity index (χ4v) is 1.48. The number of amides is 1. The highest BCUT2D eigenvalue weighted by atomic mass is 35.5. The van der Waals surface area contributed by atoms with Crippen molar-refractivity contribution < 1.29 is 9.21 Å². The number of hydrogen-bond acceptors (Lipinski definition) is 3. The van der Waals surface area contributed by atoms with Crippen LogP contribution < -0.4 is 5.32 Å². The monoisotopic (exact) mass is 256 g/mol. The lowest BCUT2D eigenvalue weighted by Gasteiger charge is -2.03. The topological polar surface area (TPSA) is 55.1 Å². The molecule has 0 aromatic carbocycles. The SMILES string of the molecule is O=C(Nc1ncccc1Cl)c1ccoc1Cl. The normalized spacial score (nSPS) is 10.1. The van der Waals surface area contributed by atoms with E-state index in [1.165, 1.54) is 18.5 Å². The molecule has 2 rings (SSSR count). The van der Waals surface area contributed by atoms with Gasteiger partial charge in [0.1, 0.15) is 0 Å². The number of nitrogens with one attached hydrogen (secondary N) is 1. The van der Waals surface area contributed by atoms with E-state index in [0.29, 0.717) is 5.02 Å². The Morgan fingerprint density at radius 1 is 1.38 bits per heavy atom. The molecule has 0 aliphatic carbocycles. The van der Waals surface area contributed by atoms with Crippen LogP contribution in [-0.4, -0.2) is 10.9 Å². The Bertz CT molecular complexity index is 525. The summed E-state index contributed by atoms with van der Waals surface area (Å²) >= 11 is 11.5. The highest BCUT2D eigenvalue weighted by Crippen LogP contribution is 2.21. The molecule has 1 amide bonds. The molecule has 0 saturated heterocycles. The first-order chi connectivity index (χ1) is 7.68. The van der Waals surface area contributed by atoms with Crippen LogP contribution >= 0.6 is 23.2 Å². The lowest BCUT2D eigenvalue weighted by atomic mass is 10.3. The van der Waals surface area contributed by atoms with Crippen LogP contribution in [0.3, 0.4) is 0 Å². The number of anilines is 1. The number of hydrogen-bond donors (Lipinski definition) is 1. The Balaban J connectivity index is 2.21. The van der Waals surface area contributed by atoms with Gasteiger partial charge >= 0.3 is 0 Å². The summed E-state index contributed by atoms with van der Waals surface area (Å²) in [6, 6.07) is 4.76. The predicted octanol–water partition coefficient (Wildman–Crippen LogP) is 3.23. The van der Waals surface area contributed by atoms with Crippen LogP contribution in [-0.2, 0) is 0 Å². The molecule has 2 aromatic rings. The summed E-state index contributed by atoms with van der Waals surface area (Å²) < 4.78 is 4.80. The molecule has 0 radical (unpaired) electrons. The number of nitrogens with zero attached hydrogens (tertiary/aromatic N) is 1. The van der Waals surface area contributed by atoms with E-state index in [-0.39, 0.29) is 16.6 Å². The van der Waals surface area contributed by atoms with Crippen LogP contribution in [0.4, 0.5) is 5.82 Å². The largest absolute Gasteiger partial charge is 0.452 e. The summed E-state index contributed by atoms with van der Waals surface area (Å²) in [5, 5.41) is 2.92. The van der Waals surface area contributed by atoms with Crippen LogP contribution in [0.5, 0.6) is 0 Å². The second-order valence-corrected chi connectivity index (χ2v) is 3.65. The highest BCUT2D eigenvalue weighted by Gasteiger charge is 2.14. The minimum Gasteiger partial charge on any atom is -0.452 e. The molecule has 0 unspecified atom stereocenters. The molecular weight excluding hydrogens is 251 g/mol. The van der Waals surface area contributed by atoms with Crippen molar-refractivity contribution in [2.45, 2.75) is 0 Å². The van der Waals surface area contributed by atoms with Crippen LogP contribution in [0.2, 0.25) is 10.2 Å². The Hall–Kier alpha value is -1.52. The second kappa shape index (κ2) is 4.55. The van der Waals surface area contributed by atoms with Gasteiger partial charge in [0, 0.05) is 6.20 Å². The van der Waals surface area contributed by atoms with E-state index in [0.717, 1.165) is 0 Å². The first kappa shape index (κ1) is 11.0. The van der Waals surface area contributed by atoms with Crippen molar-refractivity contribution in [1.29, 1.82) is 0 Å². The van der Waals surface area contributed by atoms with E-state index >= 15 is 0 Å². The molecule has 0 aliphatic heterocycles. The van der Waals surface area contributed by atoms with Gasteiger partial charge in [-0.15, -0.1) is 0 Å². The van der Waals surface area contributed by atoms with E-state index in [2.05, 4.69) is 10.3 Å². The zero-order valence-electron chi connectivity index (χ0n) is 7.91. The van der Waals surface area contributed by atoms with Gasteiger partial charge in [-0.3, -0.25) is 4.79 Å². The standard InChI is InChI=1S/C10H6Cl2N2O2/c11-7-2-1-4-13-9(7)14-10(15)6-3-5-16-8(6)12/h1-5H,(H,13,14,15). The smallest absolute Gasteiger partial charge is 0.261 e. The van der Waals surface area contributed by atoms with Crippen molar-refractivity contribution in [3.8, 4) is 0 Å². The molecule has 0 spiro atoms. The summed E-state index contributed by atoms with van der Waals surface area (Å²) in [5.41, 5.74) is 0.239. The number of carbonyl (C=O) groups excluding carboxylic acids is 1. The molecule has 0 atom stereocenters. The number of halogens is 2. The van der Waals surface area contributed by atoms with Gasteiger partial charge in [0.2, 0.25) is 5.22 Å². The third-order valence-corrected chi connectivity index (χ3v) is 2.45. The Kier molecular flexibility index (Phi) is 3.12. The molecule has 6 heteroatoms. The molecular formula is C10H6Cl2N2O2. The average molecular weight is 257 g/mol. The lowest BCUT2D eigenvalue weighted by Crippen LogP contribution is -2.12. The molecule has 0 bridgehead atoms. The fourth-order valence-electron chi connectivity index (χ4n) is 1.11. The molecule has 0 fully saturated rings. The van der Waals surface area contributed by atoms with Gasteiger partial charge in [-0.25, -0.2) is 4.98 Å². The van der Waals surface area contributed by atoms with Crippen molar-refractivity contribution in [3.05, 3.63) is 46.5 Å². The van der Waals surface area contributed by atoms with Crippen LogP contribution in [0.1, 0.15) is 10.4 Å². The van der Waals surface area contributed by atoms with Crippen molar-refractivity contribution >= 4 is 34.9 Å². The molecule has 16 heavy (non-hydrogen) atoms. The molecule has 2 aromatic heterocycles. The van der Waals surface area contributed by atoms with E-state index in [4.69, 9.17) is 27.6 Å². The average Bonchev–Trinajstić information content (AvgIpc) is 2.68. The molecule has 82 valence electrons. The highest BCUT2D eigenvalue weighted by molar-refractivity contribution is 6.34. The second-order valence-electron chi connectivity index (χ2n) is 2.90. The van der Waals surface area contributed by atoms with Gasteiger partial charge in [-0.2, -0.15) is 0 Å². The summed E-state index contributed by atoms with van der Waals surface area (Å²) in [6.45, 7) is 0. The van der Waals surface area contributed by atoms with E-state index in [1.807, 2.05) is 0 Å². The zero-order chi connectivity index (χ0) is 11.5. The maximum atomic E-state index is 11.7. The molecule has 0 saturated carbocycles. The van der Waals surface area contributed by atoms with Gasteiger partial charge in [0.15, 0.2) is 5.82 Å². The Labute approximate surface area is 101 Å². The van der Waals surface area contributed by atoms with Gasteiger partial charge in [0.05, 0.1) is 16.8 Å². The van der Waals surface area contributed by atoms with E-state index in [1.54, 1.807) is 12.1 Å². The molecule has 1 N–H and O–H groups in total. The van der Waals surface area contributed by atoms with Crippen molar-refractivity contribution in [2.75, 3.05) is 5.32 Å². The third kappa shape index (κ3) is 2.18. The molecule has 2 heterocycles. The van der Waals surface area contributed by atoms with Crippen LogP contribution in [0.15, 0.2) is 35.1 Å². The first-order valence-corrected chi connectivity index (χ1v) is 5.09. The maximum Gasteiger partial charge on any atom is 0.261 e. The maximum absolute atomic E-state index is 11.7. The summed E-state index contributed by atoms with van der Waals surface area (Å²) in [7, 11) is 0. The summed E-state index contributed by atoms with van der Waals surface area (Å²) in [5.74, 6) is -0.134. The third-order valence-electron chi connectivity index (χ3n) is 1.85. The van der Waals surface area contributed by atoms with Gasteiger partial charge < -0.3 is 9.73 Å². The summed E-state index contributed by atoms with van der Waals surface area (Å²) in [4.78, 5) is 15.6. The quantitative estimate of drug-likeness (QED) is 0.898. The van der Waals surface area contributed by atoms with Crippen LogP contribution in [0.25, 0.3) is 0 Å². The number of aromatic nitrogens is 1.